The molecular formula is C15H22N4O. The monoisotopic (exact) mass is 274 g/mol. The summed E-state index contributed by atoms with van der Waals surface area (Å²) in [6.45, 7) is 5.68. The van der Waals surface area contributed by atoms with Gasteiger partial charge in [0.2, 0.25) is 0 Å². The minimum atomic E-state index is 0.122. The van der Waals surface area contributed by atoms with Crippen LogP contribution in [-0.4, -0.2) is 46.2 Å². The molecule has 2 saturated heterocycles. The molecule has 1 aromatic heterocycles. The molecule has 3 rings (SSSR count). The molecule has 0 bridgehead atoms. The molecule has 20 heavy (non-hydrogen) atoms. The fourth-order valence-electron chi connectivity index (χ4n) is 3.42. The number of aryl methyl sites for hydroxylation is 2. The Labute approximate surface area is 119 Å². The minimum Gasteiger partial charge on any atom is -0.334 e. The van der Waals surface area contributed by atoms with E-state index in [1.807, 2.05) is 24.8 Å². The van der Waals surface area contributed by atoms with Crippen molar-refractivity contribution < 1.29 is 4.79 Å². The third kappa shape index (κ3) is 2.42. The molecule has 1 N–H and O–H groups in total. The van der Waals surface area contributed by atoms with Crippen molar-refractivity contribution in [1.82, 2.24) is 20.4 Å². The predicted octanol–water partition coefficient (Wildman–Crippen LogP) is 1.45. The summed E-state index contributed by atoms with van der Waals surface area (Å²) in [4.78, 5) is 14.9. The molecule has 0 saturated carbocycles. The Morgan fingerprint density at radius 3 is 2.90 bits per heavy atom. The Morgan fingerprint density at radius 1 is 1.30 bits per heavy atom. The van der Waals surface area contributed by atoms with Gasteiger partial charge in [0.15, 0.2) is 0 Å². The standard InChI is InChI=1S/C15H22N4O/c1-10-9-12(11(2)18-17-10)15(20)19-8-4-6-14(19)13-5-3-7-16-13/h9,13-14,16H,3-8H2,1-2H3. The average molecular weight is 274 g/mol. The van der Waals surface area contributed by atoms with Crippen LogP contribution < -0.4 is 5.32 Å². The fraction of sp³-hybridized carbons (Fsp3) is 0.667. The molecule has 2 aliphatic heterocycles. The summed E-state index contributed by atoms with van der Waals surface area (Å²) in [6, 6.07) is 2.68. The van der Waals surface area contributed by atoms with E-state index in [-0.39, 0.29) is 5.91 Å². The van der Waals surface area contributed by atoms with Crippen molar-refractivity contribution in [2.75, 3.05) is 13.1 Å². The highest BCUT2D eigenvalue weighted by Crippen LogP contribution is 2.26. The molecule has 2 aliphatic rings. The van der Waals surface area contributed by atoms with Crippen LogP contribution in [0.2, 0.25) is 0 Å². The quantitative estimate of drug-likeness (QED) is 0.887. The van der Waals surface area contributed by atoms with Crippen LogP contribution in [0.3, 0.4) is 0 Å². The van der Waals surface area contributed by atoms with E-state index in [0.29, 0.717) is 17.6 Å². The molecule has 2 fully saturated rings. The van der Waals surface area contributed by atoms with E-state index in [4.69, 9.17) is 0 Å². The summed E-state index contributed by atoms with van der Waals surface area (Å²) in [5.41, 5.74) is 2.24. The number of nitrogens with one attached hydrogen (secondary N) is 1. The van der Waals surface area contributed by atoms with Crippen LogP contribution in [0.1, 0.15) is 47.4 Å². The zero-order valence-electron chi connectivity index (χ0n) is 12.2. The van der Waals surface area contributed by atoms with Gasteiger partial charge in [0.25, 0.3) is 5.91 Å². The normalized spacial score (nSPS) is 26.2. The molecule has 2 unspecified atom stereocenters. The van der Waals surface area contributed by atoms with Crippen molar-refractivity contribution in [3.63, 3.8) is 0 Å². The predicted molar refractivity (Wildman–Crippen MR) is 76.6 cm³/mol. The molecule has 0 aromatic carbocycles. The first kappa shape index (κ1) is 13.5. The summed E-state index contributed by atoms with van der Waals surface area (Å²) >= 11 is 0. The Morgan fingerprint density at radius 2 is 2.15 bits per heavy atom. The molecule has 0 aliphatic carbocycles. The molecular weight excluding hydrogens is 252 g/mol. The summed E-state index contributed by atoms with van der Waals surface area (Å²) < 4.78 is 0. The Hall–Kier alpha value is -1.49. The molecule has 108 valence electrons. The van der Waals surface area contributed by atoms with Gasteiger partial charge in [-0.25, -0.2) is 0 Å². The van der Waals surface area contributed by atoms with Crippen LogP contribution in [0.4, 0.5) is 0 Å². The molecule has 0 spiro atoms. The van der Waals surface area contributed by atoms with Gasteiger partial charge in [-0.15, -0.1) is 0 Å². The van der Waals surface area contributed by atoms with E-state index in [1.165, 1.54) is 12.8 Å². The van der Waals surface area contributed by atoms with Gasteiger partial charge in [0, 0.05) is 18.6 Å². The summed E-state index contributed by atoms with van der Waals surface area (Å²) in [5, 5.41) is 11.6. The van der Waals surface area contributed by atoms with E-state index >= 15 is 0 Å². The van der Waals surface area contributed by atoms with E-state index in [1.54, 1.807) is 0 Å². The highest BCUT2D eigenvalue weighted by atomic mass is 16.2. The number of amides is 1. The molecule has 1 amide bonds. The lowest BCUT2D eigenvalue weighted by Gasteiger charge is -2.30. The number of likely N-dealkylation sites (tertiary alicyclic amines) is 1. The van der Waals surface area contributed by atoms with Crippen LogP contribution >= 0.6 is 0 Å². The van der Waals surface area contributed by atoms with Gasteiger partial charge in [-0.3, -0.25) is 4.79 Å². The van der Waals surface area contributed by atoms with Crippen molar-refractivity contribution in [2.45, 2.75) is 51.6 Å². The number of carbonyl (C=O) groups excluding carboxylic acids is 1. The van der Waals surface area contributed by atoms with Gasteiger partial charge in [-0.1, -0.05) is 0 Å². The number of carbonyl (C=O) groups is 1. The second-order valence-corrected chi connectivity index (χ2v) is 5.90. The fourth-order valence-corrected chi connectivity index (χ4v) is 3.42. The second-order valence-electron chi connectivity index (χ2n) is 5.90. The zero-order valence-corrected chi connectivity index (χ0v) is 12.2. The highest BCUT2D eigenvalue weighted by molar-refractivity contribution is 5.95. The topological polar surface area (TPSA) is 58.1 Å². The van der Waals surface area contributed by atoms with Crippen molar-refractivity contribution in [1.29, 1.82) is 0 Å². The van der Waals surface area contributed by atoms with Crippen molar-refractivity contribution >= 4 is 5.91 Å². The van der Waals surface area contributed by atoms with Crippen LogP contribution in [0.25, 0.3) is 0 Å². The molecule has 0 radical (unpaired) electrons. The van der Waals surface area contributed by atoms with Gasteiger partial charge in [-0.05, 0) is 52.1 Å². The summed E-state index contributed by atoms with van der Waals surface area (Å²) in [6.07, 6.45) is 4.62. The van der Waals surface area contributed by atoms with Gasteiger partial charge in [-0.2, -0.15) is 10.2 Å². The van der Waals surface area contributed by atoms with Crippen molar-refractivity contribution in [3.05, 3.63) is 23.0 Å². The lowest BCUT2D eigenvalue weighted by atomic mass is 10.0. The Bertz CT molecular complexity index is 511. The van der Waals surface area contributed by atoms with Gasteiger partial charge >= 0.3 is 0 Å². The van der Waals surface area contributed by atoms with Crippen LogP contribution in [0.5, 0.6) is 0 Å². The maximum absolute atomic E-state index is 12.8. The van der Waals surface area contributed by atoms with E-state index < -0.39 is 0 Å². The molecule has 5 heteroatoms. The van der Waals surface area contributed by atoms with Gasteiger partial charge in [0.05, 0.1) is 17.0 Å². The number of hydrogen-bond donors (Lipinski definition) is 1. The third-order valence-electron chi connectivity index (χ3n) is 4.45. The van der Waals surface area contributed by atoms with E-state index in [9.17, 15) is 4.79 Å². The molecule has 1 aromatic rings. The van der Waals surface area contributed by atoms with Gasteiger partial charge < -0.3 is 10.2 Å². The largest absolute Gasteiger partial charge is 0.334 e. The Balaban J connectivity index is 1.83. The zero-order chi connectivity index (χ0) is 14.1. The number of nitrogens with zero attached hydrogens (tertiary/aromatic N) is 3. The first-order chi connectivity index (χ1) is 9.66. The average Bonchev–Trinajstić information content (AvgIpc) is 3.10. The Kier molecular flexibility index (Phi) is 3.70. The minimum absolute atomic E-state index is 0.122. The first-order valence-electron chi connectivity index (χ1n) is 7.52. The maximum Gasteiger partial charge on any atom is 0.256 e. The van der Waals surface area contributed by atoms with Crippen LogP contribution in [-0.2, 0) is 0 Å². The number of rotatable bonds is 2. The lowest BCUT2D eigenvalue weighted by molar-refractivity contribution is 0.0709. The van der Waals surface area contributed by atoms with Crippen molar-refractivity contribution in [2.24, 2.45) is 0 Å². The molecule has 2 atom stereocenters. The summed E-state index contributed by atoms with van der Waals surface area (Å²) in [7, 11) is 0. The van der Waals surface area contributed by atoms with E-state index in [0.717, 1.165) is 37.3 Å². The smallest absolute Gasteiger partial charge is 0.256 e. The third-order valence-corrected chi connectivity index (χ3v) is 4.45. The van der Waals surface area contributed by atoms with E-state index in [2.05, 4.69) is 15.5 Å². The molecule has 5 nitrogen and oxygen atoms in total. The van der Waals surface area contributed by atoms with Crippen molar-refractivity contribution in [3.8, 4) is 0 Å². The lowest BCUT2D eigenvalue weighted by Crippen LogP contribution is -2.46. The van der Waals surface area contributed by atoms with Crippen LogP contribution in [0.15, 0.2) is 6.07 Å². The number of aromatic nitrogens is 2. The first-order valence-corrected chi connectivity index (χ1v) is 7.52. The number of hydrogen-bond acceptors (Lipinski definition) is 4. The molecule has 3 heterocycles. The SMILES string of the molecule is Cc1cc(C(=O)N2CCCC2C2CCCN2)c(C)nn1. The van der Waals surface area contributed by atoms with Gasteiger partial charge in [0.1, 0.15) is 0 Å². The summed E-state index contributed by atoms with van der Waals surface area (Å²) in [5.74, 6) is 0.122. The second kappa shape index (κ2) is 5.48. The maximum atomic E-state index is 12.8. The van der Waals surface area contributed by atoms with Crippen LogP contribution in [0, 0.1) is 13.8 Å². The highest BCUT2D eigenvalue weighted by Gasteiger charge is 2.36.